The minimum Gasteiger partial charge on any atom is -0.506 e. The van der Waals surface area contributed by atoms with Crippen molar-refractivity contribution in [2.45, 2.75) is 4.90 Å². The van der Waals surface area contributed by atoms with Gasteiger partial charge in [0.2, 0.25) is 0 Å². The summed E-state index contributed by atoms with van der Waals surface area (Å²) >= 11 is 0. The second-order valence-electron chi connectivity index (χ2n) is 4.60. The van der Waals surface area contributed by atoms with Gasteiger partial charge in [-0.3, -0.25) is 4.72 Å². The highest BCUT2D eigenvalue weighted by molar-refractivity contribution is 7.93. The van der Waals surface area contributed by atoms with Gasteiger partial charge in [-0.1, -0.05) is 48.5 Å². The molecule has 0 bridgehead atoms. The highest BCUT2D eigenvalue weighted by Crippen LogP contribution is 2.28. The van der Waals surface area contributed by atoms with Gasteiger partial charge < -0.3 is 5.11 Å². The number of hydrogen-bond donors (Lipinski definition) is 2. The van der Waals surface area contributed by atoms with Gasteiger partial charge in [0.1, 0.15) is 5.75 Å². The van der Waals surface area contributed by atoms with Crippen LogP contribution in [0.25, 0.3) is 10.8 Å². The van der Waals surface area contributed by atoms with Gasteiger partial charge in [-0.2, -0.15) is 0 Å². The number of aromatic hydroxyl groups is 1. The molecular formula is C16H13NO3S. The average molecular weight is 299 g/mol. The zero-order valence-electron chi connectivity index (χ0n) is 11.0. The molecule has 0 atom stereocenters. The van der Waals surface area contributed by atoms with Crippen molar-refractivity contribution in [1.29, 1.82) is 0 Å². The Hall–Kier alpha value is -2.53. The van der Waals surface area contributed by atoms with Crippen LogP contribution >= 0.6 is 0 Å². The third kappa shape index (κ3) is 2.55. The zero-order chi connectivity index (χ0) is 14.9. The molecule has 0 aromatic heterocycles. The van der Waals surface area contributed by atoms with E-state index >= 15 is 0 Å². The van der Waals surface area contributed by atoms with Gasteiger partial charge in [0.25, 0.3) is 10.0 Å². The largest absolute Gasteiger partial charge is 0.506 e. The lowest BCUT2D eigenvalue weighted by atomic mass is 10.1. The van der Waals surface area contributed by atoms with Crippen molar-refractivity contribution in [3.05, 3.63) is 66.7 Å². The van der Waals surface area contributed by atoms with Gasteiger partial charge in [-0.25, -0.2) is 8.42 Å². The first-order chi connectivity index (χ1) is 10.1. The van der Waals surface area contributed by atoms with Gasteiger partial charge in [0.05, 0.1) is 10.6 Å². The fraction of sp³-hybridized carbons (Fsp3) is 0. The first-order valence-corrected chi connectivity index (χ1v) is 7.85. The molecule has 0 fully saturated rings. The minimum atomic E-state index is -3.77. The lowest BCUT2D eigenvalue weighted by Crippen LogP contribution is -2.13. The number of benzene rings is 3. The second-order valence-corrected chi connectivity index (χ2v) is 6.25. The van der Waals surface area contributed by atoms with Crippen LogP contribution < -0.4 is 4.72 Å². The Bertz CT molecular complexity index is 899. The molecule has 0 saturated heterocycles. The number of anilines is 1. The molecular weight excluding hydrogens is 286 g/mol. The minimum absolute atomic E-state index is 0.110. The average Bonchev–Trinajstić information content (AvgIpc) is 2.49. The zero-order valence-corrected chi connectivity index (χ0v) is 11.8. The lowest BCUT2D eigenvalue weighted by molar-refractivity contribution is 0.477. The molecule has 0 aliphatic carbocycles. The van der Waals surface area contributed by atoms with Crippen molar-refractivity contribution in [2.75, 3.05) is 4.72 Å². The van der Waals surface area contributed by atoms with Crippen LogP contribution in [0.2, 0.25) is 0 Å². The van der Waals surface area contributed by atoms with E-state index < -0.39 is 10.0 Å². The third-order valence-corrected chi connectivity index (χ3v) is 4.61. The summed E-state index contributed by atoms with van der Waals surface area (Å²) < 4.78 is 27.5. The van der Waals surface area contributed by atoms with Crippen molar-refractivity contribution in [1.82, 2.24) is 0 Å². The second kappa shape index (κ2) is 5.10. The van der Waals surface area contributed by atoms with Crippen LogP contribution in [0.5, 0.6) is 5.75 Å². The number of hydrogen-bond acceptors (Lipinski definition) is 3. The molecule has 3 aromatic rings. The predicted molar refractivity (Wildman–Crippen MR) is 82.9 cm³/mol. The molecule has 0 aliphatic rings. The van der Waals surface area contributed by atoms with Crippen molar-refractivity contribution in [3.8, 4) is 5.75 Å². The normalized spacial score (nSPS) is 11.4. The predicted octanol–water partition coefficient (Wildman–Crippen LogP) is 3.35. The molecule has 3 rings (SSSR count). The van der Waals surface area contributed by atoms with E-state index in [4.69, 9.17) is 0 Å². The Balaban J connectivity index is 2.11. The third-order valence-electron chi connectivity index (χ3n) is 3.19. The van der Waals surface area contributed by atoms with E-state index in [2.05, 4.69) is 4.72 Å². The van der Waals surface area contributed by atoms with Gasteiger partial charge in [-0.15, -0.1) is 0 Å². The van der Waals surface area contributed by atoms with E-state index in [1.807, 2.05) is 18.2 Å². The highest BCUT2D eigenvalue weighted by Gasteiger charge is 2.18. The molecule has 0 unspecified atom stereocenters. The Kier molecular flexibility index (Phi) is 3.27. The summed E-state index contributed by atoms with van der Waals surface area (Å²) in [6.07, 6.45) is 0. The maximum Gasteiger partial charge on any atom is 0.262 e. The molecule has 5 heteroatoms. The van der Waals surface area contributed by atoms with E-state index in [1.54, 1.807) is 36.4 Å². The van der Waals surface area contributed by atoms with Crippen LogP contribution in [-0.2, 0) is 10.0 Å². The Morgan fingerprint density at radius 3 is 2.29 bits per heavy atom. The van der Waals surface area contributed by atoms with Gasteiger partial charge in [-0.05, 0) is 23.6 Å². The number of rotatable bonds is 3. The lowest BCUT2D eigenvalue weighted by Gasteiger charge is -2.11. The summed E-state index contributed by atoms with van der Waals surface area (Å²) in [7, 11) is -3.77. The van der Waals surface area contributed by atoms with Crippen molar-refractivity contribution in [2.24, 2.45) is 0 Å². The first-order valence-electron chi connectivity index (χ1n) is 6.36. The van der Waals surface area contributed by atoms with Crippen LogP contribution in [-0.4, -0.2) is 13.5 Å². The first kappa shape index (κ1) is 13.5. The highest BCUT2D eigenvalue weighted by atomic mass is 32.2. The van der Waals surface area contributed by atoms with E-state index in [0.29, 0.717) is 5.39 Å². The summed E-state index contributed by atoms with van der Waals surface area (Å²) in [4.78, 5) is 0.184. The van der Waals surface area contributed by atoms with E-state index in [-0.39, 0.29) is 16.3 Å². The number of nitrogens with one attached hydrogen (secondary N) is 1. The van der Waals surface area contributed by atoms with Crippen LogP contribution in [0.3, 0.4) is 0 Å². The van der Waals surface area contributed by atoms with Gasteiger partial charge in [0, 0.05) is 5.39 Å². The monoisotopic (exact) mass is 299 g/mol. The van der Waals surface area contributed by atoms with Crippen LogP contribution in [0.15, 0.2) is 71.6 Å². The van der Waals surface area contributed by atoms with Crippen LogP contribution in [0.4, 0.5) is 5.69 Å². The van der Waals surface area contributed by atoms with Gasteiger partial charge in [0.15, 0.2) is 0 Å². The molecule has 0 amide bonds. The quantitative estimate of drug-likeness (QED) is 0.729. The summed E-state index contributed by atoms with van der Waals surface area (Å²) in [5.41, 5.74) is 0.158. The Labute approximate surface area is 122 Å². The summed E-state index contributed by atoms with van der Waals surface area (Å²) in [6.45, 7) is 0. The Morgan fingerprint density at radius 2 is 1.48 bits per heavy atom. The summed E-state index contributed by atoms with van der Waals surface area (Å²) in [6, 6.07) is 18.6. The topological polar surface area (TPSA) is 66.4 Å². The van der Waals surface area contributed by atoms with E-state index in [1.165, 1.54) is 12.1 Å². The van der Waals surface area contributed by atoms with Crippen LogP contribution in [0, 0.1) is 0 Å². The maximum atomic E-state index is 12.5. The number of phenols is 1. The molecule has 4 nitrogen and oxygen atoms in total. The van der Waals surface area contributed by atoms with Crippen molar-refractivity contribution in [3.63, 3.8) is 0 Å². The number of para-hydroxylation sites is 2. The number of phenolic OH excluding ortho intramolecular Hbond substituents is 1. The summed E-state index contributed by atoms with van der Waals surface area (Å²) in [5.74, 6) is -0.110. The maximum absolute atomic E-state index is 12.5. The number of sulfonamides is 1. The molecule has 0 spiro atoms. The molecule has 106 valence electrons. The molecule has 0 saturated carbocycles. The van der Waals surface area contributed by atoms with Gasteiger partial charge >= 0.3 is 0 Å². The number of fused-ring (bicyclic) bond motifs is 1. The molecule has 0 aliphatic heterocycles. The molecule has 0 radical (unpaired) electrons. The molecule has 3 aromatic carbocycles. The SMILES string of the molecule is O=S(=O)(Nc1ccccc1O)c1cccc2ccccc12. The molecule has 0 heterocycles. The standard InChI is InChI=1S/C16H13NO3S/c18-15-10-4-3-9-14(15)17-21(19,20)16-11-5-7-12-6-1-2-8-13(12)16/h1-11,17-18H. The van der Waals surface area contributed by atoms with Crippen molar-refractivity contribution >= 4 is 26.5 Å². The smallest absolute Gasteiger partial charge is 0.262 e. The Morgan fingerprint density at radius 1 is 0.810 bits per heavy atom. The summed E-state index contributed by atoms with van der Waals surface area (Å²) in [5, 5.41) is 11.2. The van der Waals surface area contributed by atoms with E-state index in [0.717, 1.165) is 5.39 Å². The van der Waals surface area contributed by atoms with E-state index in [9.17, 15) is 13.5 Å². The molecule has 2 N–H and O–H groups in total. The van der Waals surface area contributed by atoms with Crippen LogP contribution in [0.1, 0.15) is 0 Å². The van der Waals surface area contributed by atoms with Crippen molar-refractivity contribution < 1.29 is 13.5 Å². The fourth-order valence-corrected chi connectivity index (χ4v) is 3.49. The fourth-order valence-electron chi connectivity index (χ4n) is 2.19. The molecule has 21 heavy (non-hydrogen) atoms.